The molecule has 6 nitrogen and oxygen atoms in total. The van der Waals surface area contributed by atoms with Gasteiger partial charge in [0.15, 0.2) is 5.76 Å². The minimum Gasteiger partial charge on any atom is -0.481 e. The zero-order chi connectivity index (χ0) is 13.7. The van der Waals surface area contributed by atoms with Gasteiger partial charge in [0.1, 0.15) is 6.61 Å². The minimum atomic E-state index is -0.685. The number of methoxy groups -OCH3 is 1. The van der Waals surface area contributed by atoms with Crippen LogP contribution in [0.4, 0.5) is 0 Å². The lowest BCUT2D eigenvalue weighted by molar-refractivity contribution is -0.143. The molecule has 106 valence electrons. The van der Waals surface area contributed by atoms with Crippen molar-refractivity contribution in [3.8, 4) is 0 Å². The van der Waals surface area contributed by atoms with Crippen LogP contribution in [0.1, 0.15) is 37.1 Å². The average Bonchev–Trinajstić information content (AvgIpc) is 2.85. The monoisotopic (exact) mass is 268 g/mol. The zero-order valence-electron chi connectivity index (χ0n) is 11.1. The molecule has 1 aromatic rings. The Bertz CT molecular complexity index is 419. The number of hydrogen-bond acceptors (Lipinski definition) is 5. The molecule has 1 heterocycles. The second-order valence-corrected chi connectivity index (χ2v) is 5.00. The van der Waals surface area contributed by atoms with Crippen LogP contribution in [-0.4, -0.2) is 29.4 Å². The van der Waals surface area contributed by atoms with Crippen molar-refractivity contribution in [3.05, 3.63) is 17.5 Å². The molecular formula is C13H20N2O4. The highest BCUT2D eigenvalue weighted by Crippen LogP contribution is 2.24. The van der Waals surface area contributed by atoms with Gasteiger partial charge >= 0.3 is 5.97 Å². The maximum atomic E-state index is 11.0. The van der Waals surface area contributed by atoms with Gasteiger partial charge in [0.2, 0.25) is 0 Å². The van der Waals surface area contributed by atoms with Crippen LogP contribution in [0, 0.1) is 5.92 Å². The zero-order valence-corrected chi connectivity index (χ0v) is 11.1. The number of ether oxygens (including phenoxy) is 1. The number of aliphatic carboxylic acids is 1. The highest BCUT2D eigenvalue weighted by molar-refractivity contribution is 5.70. The Morgan fingerprint density at radius 1 is 1.63 bits per heavy atom. The first-order chi connectivity index (χ1) is 9.19. The number of rotatable bonds is 6. The van der Waals surface area contributed by atoms with Crippen LogP contribution in [0.15, 0.2) is 10.6 Å². The maximum Gasteiger partial charge on any atom is 0.306 e. The Morgan fingerprint density at radius 2 is 2.47 bits per heavy atom. The van der Waals surface area contributed by atoms with E-state index in [1.54, 1.807) is 7.11 Å². The maximum absolute atomic E-state index is 11.0. The van der Waals surface area contributed by atoms with Crippen LogP contribution in [0.2, 0.25) is 0 Å². The van der Waals surface area contributed by atoms with Crippen LogP contribution in [0.25, 0.3) is 0 Å². The van der Waals surface area contributed by atoms with Gasteiger partial charge in [-0.2, -0.15) is 0 Å². The summed E-state index contributed by atoms with van der Waals surface area (Å²) in [4.78, 5) is 11.0. The standard InChI is InChI=1S/C13H20N2O4/c1-18-8-12-6-11(15-19-12)7-14-10-4-2-3-9(5-10)13(16)17/h6,9-10,14H,2-5,7-8H2,1H3,(H,16,17). The van der Waals surface area contributed by atoms with Crippen molar-refractivity contribution in [3.63, 3.8) is 0 Å². The predicted molar refractivity (Wildman–Crippen MR) is 67.4 cm³/mol. The summed E-state index contributed by atoms with van der Waals surface area (Å²) in [6.07, 6.45) is 3.46. The van der Waals surface area contributed by atoms with Crippen molar-refractivity contribution < 1.29 is 19.2 Å². The average molecular weight is 268 g/mol. The SMILES string of the molecule is COCc1cc(CNC2CCCC(C(=O)O)C2)no1. The first-order valence-electron chi connectivity index (χ1n) is 6.58. The Labute approximate surface area is 112 Å². The first kappa shape index (κ1) is 14.0. The van der Waals surface area contributed by atoms with E-state index in [1.807, 2.05) is 6.07 Å². The van der Waals surface area contributed by atoms with E-state index in [0.29, 0.717) is 25.3 Å². The number of nitrogens with zero attached hydrogens (tertiary/aromatic N) is 1. The van der Waals surface area contributed by atoms with Crippen molar-refractivity contribution in [2.24, 2.45) is 5.92 Å². The van der Waals surface area contributed by atoms with Crippen molar-refractivity contribution in [2.45, 2.75) is 44.9 Å². The lowest BCUT2D eigenvalue weighted by atomic mass is 9.86. The molecule has 2 N–H and O–H groups in total. The van der Waals surface area contributed by atoms with Crippen molar-refractivity contribution >= 4 is 5.97 Å². The molecule has 0 spiro atoms. The Morgan fingerprint density at radius 3 is 3.21 bits per heavy atom. The summed E-state index contributed by atoms with van der Waals surface area (Å²) in [5, 5.41) is 16.3. The van der Waals surface area contributed by atoms with Crippen LogP contribution < -0.4 is 5.32 Å². The molecule has 6 heteroatoms. The van der Waals surface area contributed by atoms with Crippen molar-refractivity contribution in [2.75, 3.05) is 7.11 Å². The van der Waals surface area contributed by atoms with E-state index in [1.165, 1.54) is 0 Å². The summed E-state index contributed by atoms with van der Waals surface area (Å²) >= 11 is 0. The summed E-state index contributed by atoms with van der Waals surface area (Å²) in [5.74, 6) is -0.200. The van der Waals surface area contributed by atoms with Crippen molar-refractivity contribution in [1.29, 1.82) is 0 Å². The number of nitrogens with one attached hydrogen (secondary N) is 1. The summed E-state index contributed by atoms with van der Waals surface area (Å²) < 4.78 is 10.1. The molecule has 0 aliphatic heterocycles. The third kappa shape index (κ3) is 4.04. The fraction of sp³-hybridized carbons (Fsp3) is 0.692. The molecule has 2 unspecified atom stereocenters. The molecule has 19 heavy (non-hydrogen) atoms. The van der Waals surface area contributed by atoms with E-state index in [0.717, 1.165) is 25.0 Å². The molecule has 0 saturated heterocycles. The van der Waals surface area contributed by atoms with Gasteiger partial charge in [0, 0.05) is 25.8 Å². The Kier molecular flexibility index (Phi) is 4.93. The number of carboxylic acid groups (broad SMARTS) is 1. The second-order valence-electron chi connectivity index (χ2n) is 5.00. The normalized spacial score (nSPS) is 23.4. The largest absolute Gasteiger partial charge is 0.481 e. The Hall–Kier alpha value is -1.40. The van der Waals surface area contributed by atoms with Gasteiger partial charge in [-0.15, -0.1) is 0 Å². The van der Waals surface area contributed by atoms with Gasteiger partial charge in [-0.3, -0.25) is 4.79 Å². The Balaban J connectivity index is 1.79. The summed E-state index contributed by atoms with van der Waals surface area (Å²) in [6, 6.07) is 2.10. The van der Waals surface area contributed by atoms with Gasteiger partial charge in [-0.25, -0.2) is 0 Å². The van der Waals surface area contributed by atoms with Crippen LogP contribution in [-0.2, 0) is 22.7 Å². The van der Waals surface area contributed by atoms with E-state index >= 15 is 0 Å². The van der Waals surface area contributed by atoms with E-state index in [9.17, 15) is 4.79 Å². The smallest absolute Gasteiger partial charge is 0.306 e. The number of carboxylic acids is 1. The third-order valence-electron chi connectivity index (χ3n) is 3.49. The second kappa shape index (κ2) is 6.68. The topological polar surface area (TPSA) is 84.6 Å². The van der Waals surface area contributed by atoms with E-state index in [2.05, 4.69) is 10.5 Å². The molecule has 2 rings (SSSR count). The highest BCUT2D eigenvalue weighted by Gasteiger charge is 2.26. The summed E-state index contributed by atoms with van der Waals surface area (Å²) in [6.45, 7) is 1.02. The molecule has 0 aromatic carbocycles. The van der Waals surface area contributed by atoms with E-state index in [-0.39, 0.29) is 12.0 Å². The summed E-state index contributed by atoms with van der Waals surface area (Å²) in [5.41, 5.74) is 0.824. The molecule has 1 saturated carbocycles. The number of hydrogen-bond donors (Lipinski definition) is 2. The fourth-order valence-electron chi connectivity index (χ4n) is 2.50. The van der Waals surface area contributed by atoms with Gasteiger partial charge in [0.05, 0.1) is 11.6 Å². The van der Waals surface area contributed by atoms with Gasteiger partial charge in [0.25, 0.3) is 0 Å². The van der Waals surface area contributed by atoms with Crippen molar-refractivity contribution in [1.82, 2.24) is 10.5 Å². The van der Waals surface area contributed by atoms with Gasteiger partial charge < -0.3 is 19.7 Å². The number of aromatic nitrogens is 1. The molecule has 2 atom stereocenters. The molecule has 1 aromatic heterocycles. The molecule has 1 fully saturated rings. The first-order valence-corrected chi connectivity index (χ1v) is 6.58. The molecular weight excluding hydrogens is 248 g/mol. The highest BCUT2D eigenvalue weighted by atomic mass is 16.5. The van der Waals surface area contributed by atoms with E-state index < -0.39 is 5.97 Å². The molecule has 0 bridgehead atoms. The lowest BCUT2D eigenvalue weighted by Crippen LogP contribution is -2.36. The van der Waals surface area contributed by atoms with Crippen LogP contribution >= 0.6 is 0 Å². The summed E-state index contributed by atoms with van der Waals surface area (Å²) in [7, 11) is 1.61. The van der Waals surface area contributed by atoms with Gasteiger partial charge in [-0.1, -0.05) is 11.6 Å². The quantitative estimate of drug-likeness (QED) is 0.814. The lowest BCUT2D eigenvalue weighted by Gasteiger charge is -2.27. The van der Waals surface area contributed by atoms with Crippen LogP contribution in [0.3, 0.4) is 0 Å². The molecule has 1 aliphatic rings. The molecule has 0 radical (unpaired) electrons. The predicted octanol–water partition coefficient (Wildman–Crippen LogP) is 1.55. The molecule has 1 aliphatic carbocycles. The third-order valence-corrected chi connectivity index (χ3v) is 3.49. The van der Waals surface area contributed by atoms with Gasteiger partial charge in [-0.05, 0) is 19.3 Å². The van der Waals surface area contributed by atoms with E-state index in [4.69, 9.17) is 14.4 Å². The van der Waals surface area contributed by atoms with Crippen LogP contribution in [0.5, 0.6) is 0 Å². The molecule has 0 amide bonds. The minimum absolute atomic E-state index is 0.215. The number of carbonyl (C=O) groups is 1. The fourth-order valence-corrected chi connectivity index (χ4v) is 2.50.